The van der Waals surface area contributed by atoms with Gasteiger partial charge in [0.1, 0.15) is 6.07 Å². The van der Waals surface area contributed by atoms with E-state index in [1.165, 1.54) is 6.42 Å². The first-order chi connectivity index (χ1) is 7.79. The van der Waals surface area contributed by atoms with Crippen LogP contribution in [0.4, 0.5) is 5.69 Å². The summed E-state index contributed by atoms with van der Waals surface area (Å²) in [6.45, 7) is 0. The standard InChI is InChI=1S/C13H13BrN2/c14-13-8-12(7-6-10(13)9-15)16-11-4-2-1-3-5-11/h1-2,6-8,11,16H,3-5H2. The van der Waals surface area contributed by atoms with E-state index in [1.807, 2.05) is 18.2 Å². The highest BCUT2D eigenvalue weighted by atomic mass is 79.9. The van der Waals surface area contributed by atoms with Crippen LogP contribution < -0.4 is 5.32 Å². The molecule has 0 fully saturated rings. The van der Waals surface area contributed by atoms with E-state index in [-0.39, 0.29) is 0 Å². The van der Waals surface area contributed by atoms with Gasteiger partial charge in [-0.15, -0.1) is 0 Å². The van der Waals surface area contributed by atoms with Crippen LogP contribution in [0.2, 0.25) is 0 Å². The van der Waals surface area contributed by atoms with Gasteiger partial charge in [0.05, 0.1) is 5.56 Å². The van der Waals surface area contributed by atoms with Crippen LogP contribution in [0.25, 0.3) is 0 Å². The molecule has 1 atom stereocenters. The predicted octanol–water partition coefficient (Wildman–Crippen LogP) is 3.84. The van der Waals surface area contributed by atoms with Gasteiger partial charge in [-0.2, -0.15) is 5.26 Å². The van der Waals surface area contributed by atoms with Crippen LogP contribution in [-0.2, 0) is 0 Å². The molecule has 0 saturated heterocycles. The van der Waals surface area contributed by atoms with E-state index < -0.39 is 0 Å². The average molecular weight is 277 g/mol. The van der Waals surface area contributed by atoms with Gasteiger partial charge >= 0.3 is 0 Å². The molecule has 2 rings (SSSR count). The van der Waals surface area contributed by atoms with Gasteiger partial charge in [0.25, 0.3) is 0 Å². The minimum atomic E-state index is 0.518. The number of allylic oxidation sites excluding steroid dienone is 1. The molecular weight excluding hydrogens is 264 g/mol. The number of nitrogens with zero attached hydrogens (tertiary/aromatic N) is 1. The summed E-state index contributed by atoms with van der Waals surface area (Å²) in [4.78, 5) is 0. The number of halogens is 1. The molecule has 0 aliphatic heterocycles. The molecule has 0 aromatic heterocycles. The molecule has 2 nitrogen and oxygen atoms in total. The van der Waals surface area contributed by atoms with Crippen LogP contribution in [-0.4, -0.2) is 6.04 Å². The lowest BCUT2D eigenvalue weighted by atomic mass is 10.0. The molecule has 0 bridgehead atoms. The highest BCUT2D eigenvalue weighted by Gasteiger charge is 2.09. The van der Waals surface area contributed by atoms with Crippen molar-refractivity contribution in [1.82, 2.24) is 0 Å². The monoisotopic (exact) mass is 276 g/mol. The van der Waals surface area contributed by atoms with Gasteiger partial charge in [-0.25, -0.2) is 0 Å². The molecular formula is C13H13BrN2. The maximum Gasteiger partial charge on any atom is 0.100 e. The van der Waals surface area contributed by atoms with Crippen molar-refractivity contribution >= 4 is 21.6 Å². The Morgan fingerprint density at radius 1 is 1.38 bits per heavy atom. The molecule has 0 amide bonds. The Morgan fingerprint density at radius 3 is 2.88 bits per heavy atom. The first-order valence-electron chi connectivity index (χ1n) is 5.41. The number of nitriles is 1. The fourth-order valence-corrected chi connectivity index (χ4v) is 2.32. The number of nitrogens with one attached hydrogen (secondary N) is 1. The van der Waals surface area contributed by atoms with Gasteiger partial charge in [0, 0.05) is 16.2 Å². The molecule has 1 unspecified atom stereocenters. The van der Waals surface area contributed by atoms with Crippen LogP contribution in [0, 0.1) is 11.3 Å². The molecule has 1 aromatic carbocycles. The summed E-state index contributed by atoms with van der Waals surface area (Å²) >= 11 is 3.40. The highest BCUT2D eigenvalue weighted by molar-refractivity contribution is 9.10. The van der Waals surface area contributed by atoms with E-state index in [0.29, 0.717) is 11.6 Å². The van der Waals surface area contributed by atoms with Crippen molar-refractivity contribution < 1.29 is 0 Å². The molecule has 1 aromatic rings. The van der Waals surface area contributed by atoms with Gasteiger partial charge in [-0.3, -0.25) is 0 Å². The third-order valence-electron chi connectivity index (χ3n) is 2.73. The van der Waals surface area contributed by atoms with E-state index in [2.05, 4.69) is 39.5 Å². The summed E-state index contributed by atoms with van der Waals surface area (Å²) in [6.07, 6.45) is 7.85. The quantitative estimate of drug-likeness (QED) is 0.834. The molecule has 0 saturated carbocycles. The van der Waals surface area contributed by atoms with Crippen molar-refractivity contribution in [1.29, 1.82) is 5.26 Å². The van der Waals surface area contributed by atoms with Crippen molar-refractivity contribution in [3.05, 3.63) is 40.4 Å². The minimum absolute atomic E-state index is 0.518. The molecule has 1 aliphatic rings. The number of hydrogen-bond acceptors (Lipinski definition) is 2. The lowest BCUT2D eigenvalue weighted by Crippen LogP contribution is -2.20. The molecule has 16 heavy (non-hydrogen) atoms. The Morgan fingerprint density at radius 2 is 2.25 bits per heavy atom. The maximum absolute atomic E-state index is 8.82. The first-order valence-corrected chi connectivity index (χ1v) is 6.20. The van der Waals surface area contributed by atoms with Crippen molar-refractivity contribution in [3.8, 4) is 6.07 Å². The lowest BCUT2D eigenvalue weighted by Gasteiger charge is -2.20. The molecule has 1 aliphatic carbocycles. The third kappa shape index (κ3) is 2.65. The second kappa shape index (κ2) is 5.18. The average Bonchev–Trinajstić information content (AvgIpc) is 2.31. The minimum Gasteiger partial charge on any atom is -0.382 e. The van der Waals surface area contributed by atoms with Crippen LogP contribution >= 0.6 is 15.9 Å². The van der Waals surface area contributed by atoms with E-state index in [1.54, 1.807) is 0 Å². The Hall–Kier alpha value is -1.27. The Labute approximate surface area is 104 Å². The Bertz CT molecular complexity index is 446. The van der Waals surface area contributed by atoms with E-state index >= 15 is 0 Å². The first kappa shape index (κ1) is 11.2. The number of anilines is 1. The van der Waals surface area contributed by atoms with Gasteiger partial charge in [-0.1, -0.05) is 12.2 Å². The van der Waals surface area contributed by atoms with Crippen molar-refractivity contribution in [2.45, 2.75) is 25.3 Å². The van der Waals surface area contributed by atoms with E-state index in [9.17, 15) is 0 Å². The molecule has 82 valence electrons. The third-order valence-corrected chi connectivity index (χ3v) is 3.39. The number of rotatable bonds is 2. The van der Waals surface area contributed by atoms with Crippen molar-refractivity contribution in [3.63, 3.8) is 0 Å². The second-order valence-corrected chi connectivity index (χ2v) is 4.79. The topological polar surface area (TPSA) is 35.8 Å². The fourth-order valence-electron chi connectivity index (χ4n) is 1.86. The van der Waals surface area contributed by atoms with Crippen LogP contribution in [0.1, 0.15) is 24.8 Å². The zero-order chi connectivity index (χ0) is 11.4. The van der Waals surface area contributed by atoms with Crippen molar-refractivity contribution in [2.24, 2.45) is 0 Å². The van der Waals surface area contributed by atoms with E-state index in [4.69, 9.17) is 5.26 Å². The highest BCUT2D eigenvalue weighted by Crippen LogP contribution is 2.23. The summed E-state index contributed by atoms with van der Waals surface area (Å²) in [6, 6.07) is 8.43. The molecule has 0 radical (unpaired) electrons. The number of hydrogen-bond donors (Lipinski definition) is 1. The molecule has 0 spiro atoms. The van der Waals surface area contributed by atoms with Crippen LogP contribution in [0.5, 0.6) is 0 Å². The predicted molar refractivity (Wildman–Crippen MR) is 69.3 cm³/mol. The lowest BCUT2D eigenvalue weighted by molar-refractivity contribution is 0.645. The number of benzene rings is 1. The summed E-state index contributed by atoms with van der Waals surface area (Å²) in [5.41, 5.74) is 1.75. The van der Waals surface area contributed by atoms with Crippen molar-refractivity contribution in [2.75, 3.05) is 5.32 Å². The Balaban J connectivity index is 2.07. The molecule has 3 heteroatoms. The zero-order valence-corrected chi connectivity index (χ0v) is 10.5. The maximum atomic E-state index is 8.82. The molecule has 0 heterocycles. The van der Waals surface area contributed by atoms with Gasteiger partial charge in [-0.05, 0) is 53.4 Å². The Kier molecular flexibility index (Phi) is 3.63. The van der Waals surface area contributed by atoms with Gasteiger partial charge in [0.2, 0.25) is 0 Å². The summed E-state index contributed by atoms with van der Waals surface area (Å²) < 4.78 is 0.853. The summed E-state index contributed by atoms with van der Waals surface area (Å²) in [5, 5.41) is 12.3. The smallest absolute Gasteiger partial charge is 0.100 e. The van der Waals surface area contributed by atoms with Gasteiger partial charge in [0.15, 0.2) is 0 Å². The summed E-state index contributed by atoms with van der Waals surface area (Å²) in [5.74, 6) is 0. The second-order valence-electron chi connectivity index (χ2n) is 3.93. The largest absolute Gasteiger partial charge is 0.382 e. The van der Waals surface area contributed by atoms with Crippen LogP contribution in [0.15, 0.2) is 34.8 Å². The molecule has 1 N–H and O–H groups in total. The van der Waals surface area contributed by atoms with Gasteiger partial charge < -0.3 is 5.32 Å². The van der Waals surface area contributed by atoms with Crippen LogP contribution in [0.3, 0.4) is 0 Å². The SMILES string of the molecule is N#Cc1ccc(NC2CC=CCC2)cc1Br. The van der Waals surface area contributed by atoms with E-state index in [0.717, 1.165) is 23.0 Å². The fraction of sp³-hybridized carbons (Fsp3) is 0.308. The normalized spacial score (nSPS) is 19.1. The summed E-state index contributed by atoms with van der Waals surface area (Å²) in [7, 11) is 0. The zero-order valence-electron chi connectivity index (χ0n) is 8.91.